The number of halogens is 1. The Kier molecular flexibility index (Phi) is 4.59. The summed E-state index contributed by atoms with van der Waals surface area (Å²) in [7, 11) is 1.63. The zero-order valence-electron chi connectivity index (χ0n) is 11.0. The maximum absolute atomic E-state index is 13.2. The first-order valence-electron chi connectivity index (χ1n) is 6.78. The van der Waals surface area contributed by atoms with E-state index in [1.54, 1.807) is 19.2 Å². The number of methoxy groups -OCH3 is 1. The number of rotatable bonds is 4. The molecule has 2 N–H and O–H groups in total. The van der Waals surface area contributed by atoms with E-state index in [9.17, 15) is 4.39 Å². The molecule has 0 saturated heterocycles. The van der Waals surface area contributed by atoms with Crippen molar-refractivity contribution in [2.75, 3.05) is 7.11 Å². The first kappa shape index (κ1) is 13.3. The Balaban J connectivity index is 1.98. The molecule has 18 heavy (non-hydrogen) atoms. The van der Waals surface area contributed by atoms with E-state index in [2.05, 4.69) is 0 Å². The van der Waals surface area contributed by atoms with E-state index in [0.717, 1.165) is 30.6 Å². The molecular formula is C15H22FNO. The van der Waals surface area contributed by atoms with E-state index >= 15 is 0 Å². The molecule has 0 aliphatic heterocycles. The summed E-state index contributed by atoms with van der Waals surface area (Å²) in [6.07, 6.45) is 6.74. The van der Waals surface area contributed by atoms with Gasteiger partial charge in [0.05, 0.1) is 7.11 Å². The second-order valence-electron chi connectivity index (χ2n) is 5.20. The van der Waals surface area contributed by atoms with E-state index in [0.29, 0.717) is 12.0 Å². The highest BCUT2D eigenvalue weighted by Gasteiger charge is 2.21. The molecule has 0 heterocycles. The molecule has 1 fully saturated rings. The van der Waals surface area contributed by atoms with Crippen LogP contribution in [0.3, 0.4) is 0 Å². The summed E-state index contributed by atoms with van der Waals surface area (Å²) >= 11 is 0. The topological polar surface area (TPSA) is 35.2 Å². The van der Waals surface area contributed by atoms with Crippen LogP contribution in [0.2, 0.25) is 0 Å². The molecule has 1 saturated carbocycles. The highest BCUT2D eigenvalue weighted by atomic mass is 19.1. The fourth-order valence-electron chi connectivity index (χ4n) is 2.88. The molecule has 2 nitrogen and oxygen atoms in total. The zero-order valence-corrected chi connectivity index (χ0v) is 11.0. The lowest BCUT2D eigenvalue weighted by molar-refractivity contribution is 0.290. The molecule has 0 amide bonds. The second-order valence-corrected chi connectivity index (χ2v) is 5.20. The Morgan fingerprint density at radius 3 is 2.83 bits per heavy atom. The molecule has 0 radical (unpaired) electrons. The van der Waals surface area contributed by atoms with Gasteiger partial charge in [-0.05, 0) is 55.4 Å². The molecule has 2 atom stereocenters. The molecule has 3 heteroatoms. The predicted octanol–water partition coefficient (Wildman–Crippen LogP) is 3.28. The minimum atomic E-state index is -0.196. The van der Waals surface area contributed by atoms with Gasteiger partial charge in [-0.2, -0.15) is 0 Å². The lowest BCUT2D eigenvalue weighted by Gasteiger charge is -2.28. The van der Waals surface area contributed by atoms with Gasteiger partial charge in [0.15, 0.2) is 0 Å². The maximum Gasteiger partial charge on any atom is 0.123 e. The van der Waals surface area contributed by atoms with Crippen LogP contribution < -0.4 is 10.5 Å². The van der Waals surface area contributed by atoms with Gasteiger partial charge in [-0.3, -0.25) is 0 Å². The highest BCUT2D eigenvalue weighted by molar-refractivity contribution is 5.34. The summed E-state index contributed by atoms with van der Waals surface area (Å²) in [5, 5.41) is 0. The van der Waals surface area contributed by atoms with Crippen LogP contribution >= 0.6 is 0 Å². The number of hydrogen-bond acceptors (Lipinski definition) is 2. The van der Waals surface area contributed by atoms with E-state index in [1.165, 1.54) is 25.3 Å². The summed E-state index contributed by atoms with van der Waals surface area (Å²) in [6, 6.07) is 5.03. The number of ether oxygens (including phenoxy) is 1. The minimum absolute atomic E-state index is 0.196. The molecule has 1 aliphatic rings. The average Bonchev–Trinajstić information content (AvgIpc) is 2.38. The van der Waals surface area contributed by atoms with Crippen molar-refractivity contribution in [3.8, 4) is 5.75 Å². The van der Waals surface area contributed by atoms with Crippen LogP contribution in [0, 0.1) is 11.7 Å². The van der Waals surface area contributed by atoms with Crippen LogP contribution in [0.5, 0.6) is 5.75 Å². The van der Waals surface area contributed by atoms with E-state index < -0.39 is 0 Å². The lowest BCUT2D eigenvalue weighted by Crippen LogP contribution is -2.33. The Morgan fingerprint density at radius 2 is 2.11 bits per heavy atom. The van der Waals surface area contributed by atoms with Gasteiger partial charge in [0.1, 0.15) is 11.6 Å². The second kappa shape index (κ2) is 6.19. The Hall–Kier alpha value is -1.09. The molecule has 1 aliphatic carbocycles. The third-order valence-electron chi connectivity index (χ3n) is 3.99. The molecule has 1 aromatic carbocycles. The van der Waals surface area contributed by atoms with Gasteiger partial charge in [-0.15, -0.1) is 0 Å². The van der Waals surface area contributed by atoms with Gasteiger partial charge in [0, 0.05) is 6.04 Å². The first-order valence-corrected chi connectivity index (χ1v) is 6.78. The molecule has 0 aromatic heterocycles. The maximum atomic E-state index is 13.2. The van der Waals surface area contributed by atoms with Crippen LogP contribution in [0.25, 0.3) is 0 Å². The van der Waals surface area contributed by atoms with Crippen LogP contribution in [0.4, 0.5) is 4.39 Å². The summed E-state index contributed by atoms with van der Waals surface area (Å²) in [4.78, 5) is 0. The Morgan fingerprint density at radius 1 is 1.33 bits per heavy atom. The van der Waals surface area contributed by atoms with Crippen molar-refractivity contribution in [1.82, 2.24) is 0 Å². The van der Waals surface area contributed by atoms with Gasteiger partial charge < -0.3 is 10.5 Å². The monoisotopic (exact) mass is 251 g/mol. The number of aryl methyl sites for hydroxylation is 1. The molecule has 0 spiro atoms. The molecule has 2 rings (SSSR count). The van der Waals surface area contributed by atoms with Crippen molar-refractivity contribution in [3.63, 3.8) is 0 Å². The van der Waals surface area contributed by atoms with Crippen LogP contribution in [0.1, 0.15) is 37.7 Å². The van der Waals surface area contributed by atoms with Crippen molar-refractivity contribution in [2.45, 2.75) is 44.6 Å². The smallest absolute Gasteiger partial charge is 0.123 e. The summed E-state index contributed by atoms with van der Waals surface area (Å²) in [5.41, 5.74) is 7.09. The van der Waals surface area contributed by atoms with E-state index in [-0.39, 0.29) is 5.82 Å². The van der Waals surface area contributed by atoms with Gasteiger partial charge in [-0.1, -0.05) is 12.8 Å². The minimum Gasteiger partial charge on any atom is -0.496 e. The van der Waals surface area contributed by atoms with Crippen molar-refractivity contribution in [2.24, 2.45) is 11.7 Å². The molecule has 1 aromatic rings. The Bertz CT molecular complexity index is 394. The fourth-order valence-corrected chi connectivity index (χ4v) is 2.88. The number of hydrogen-bond donors (Lipinski definition) is 1. The average molecular weight is 251 g/mol. The number of benzene rings is 1. The van der Waals surface area contributed by atoms with Crippen LogP contribution in [-0.4, -0.2) is 13.2 Å². The van der Waals surface area contributed by atoms with Gasteiger partial charge in [0.25, 0.3) is 0 Å². The van der Waals surface area contributed by atoms with Crippen molar-refractivity contribution >= 4 is 0 Å². The van der Waals surface area contributed by atoms with E-state index in [4.69, 9.17) is 10.5 Å². The fraction of sp³-hybridized carbons (Fsp3) is 0.600. The van der Waals surface area contributed by atoms with Crippen molar-refractivity contribution in [1.29, 1.82) is 0 Å². The summed E-state index contributed by atoms with van der Waals surface area (Å²) < 4.78 is 18.5. The molecule has 100 valence electrons. The number of nitrogens with two attached hydrogens (primary N) is 1. The van der Waals surface area contributed by atoms with Gasteiger partial charge in [0.2, 0.25) is 0 Å². The van der Waals surface area contributed by atoms with Crippen LogP contribution in [-0.2, 0) is 6.42 Å². The SMILES string of the molecule is COc1ccc(F)cc1CCC1CCCCC1N. The predicted molar refractivity (Wildman–Crippen MR) is 71.2 cm³/mol. The normalized spacial score (nSPS) is 23.9. The van der Waals surface area contributed by atoms with Crippen molar-refractivity contribution in [3.05, 3.63) is 29.6 Å². The molecule has 2 unspecified atom stereocenters. The summed E-state index contributed by atoms with van der Waals surface area (Å²) in [5.74, 6) is 1.16. The first-order chi connectivity index (χ1) is 8.70. The third kappa shape index (κ3) is 3.22. The van der Waals surface area contributed by atoms with E-state index in [1.807, 2.05) is 0 Å². The Labute approximate surface area is 108 Å². The van der Waals surface area contributed by atoms with Crippen molar-refractivity contribution < 1.29 is 9.13 Å². The zero-order chi connectivity index (χ0) is 13.0. The highest BCUT2D eigenvalue weighted by Crippen LogP contribution is 2.29. The van der Waals surface area contributed by atoms with Gasteiger partial charge in [-0.25, -0.2) is 4.39 Å². The largest absolute Gasteiger partial charge is 0.496 e. The van der Waals surface area contributed by atoms with Gasteiger partial charge >= 0.3 is 0 Å². The molecule has 0 bridgehead atoms. The summed E-state index contributed by atoms with van der Waals surface area (Å²) in [6.45, 7) is 0. The quantitative estimate of drug-likeness (QED) is 0.891. The molecular weight excluding hydrogens is 229 g/mol. The standard InChI is InChI=1S/C15H22FNO/c1-18-15-9-8-13(16)10-12(15)7-6-11-4-2-3-5-14(11)17/h8-11,14H,2-7,17H2,1H3. The lowest BCUT2D eigenvalue weighted by atomic mass is 9.81. The third-order valence-corrected chi connectivity index (χ3v) is 3.99. The van der Waals surface area contributed by atoms with Crippen LogP contribution in [0.15, 0.2) is 18.2 Å².